The minimum absolute atomic E-state index is 0.0390. The SMILES string of the molecule is CCS(=O)(=O)NCC(Cc1ncc(-c2nnc(C(F)F)o2)cn1)c1ccc(C)cc1F.CCS(=O)(=O)NCC(Cc1ncc(C2=NN=NC2)cn1)c1ccc(C)cc1F. The molecule has 0 saturated heterocycles. The highest BCUT2D eigenvalue weighted by atomic mass is 32.2. The number of nitrogens with zero attached hydrogens (tertiary/aromatic N) is 9. The van der Waals surface area contributed by atoms with Crippen LogP contribution in [0.5, 0.6) is 0 Å². The second-order valence-corrected chi connectivity index (χ2v) is 17.5. The Hall–Kier alpha value is -5.45. The fraction of sp³-hybridized carbons (Fsp3) is 0.378. The van der Waals surface area contributed by atoms with Crippen molar-refractivity contribution in [3.8, 4) is 11.5 Å². The van der Waals surface area contributed by atoms with Gasteiger partial charge in [0.2, 0.25) is 20.0 Å². The third kappa shape index (κ3) is 12.8. The van der Waals surface area contributed by atoms with Gasteiger partial charge in [0.25, 0.3) is 11.8 Å². The van der Waals surface area contributed by atoms with E-state index in [0.29, 0.717) is 35.0 Å². The van der Waals surface area contributed by atoms with Gasteiger partial charge in [-0.05, 0) is 67.3 Å². The Bertz CT molecular complexity index is 2490. The lowest BCUT2D eigenvalue weighted by atomic mass is 9.94. The minimum Gasteiger partial charge on any atom is -0.415 e. The fourth-order valence-electron chi connectivity index (χ4n) is 5.59. The summed E-state index contributed by atoms with van der Waals surface area (Å²) in [6, 6.07) is 9.63. The molecular weight excluding hydrogens is 819 g/mol. The fourth-order valence-corrected chi connectivity index (χ4v) is 6.91. The summed E-state index contributed by atoms with van der Waals surface area (Å²) in [5.41, 5.74) is 3.93. The molecule has 0 amide bonds. The minimum atomic E-state index is -3.49. The first-order chi connectivity index (χ1) is 28.1. The number of benzene rings is 2. The molecule has 2 aromatic carbocycles. The van der Waals surface area contributed by atoms with E-state index in [1.54, 1.807) is 57.4 Å². The summed E-state index contributed by atoms with van der Waals surface area (Å²) in [5.74, 6) is -2.16. The van der Waals surface area contributed by atoms with Gasteiger partial charge in [-0.15, -0.1) is 15.3 Å². The smallest absolute Gasteiger partial charge is 0.314 e. The predicted molar refractivity (Wildman–Crippen MR) is 209 cm³/mol. The van der Waals surface area contributed by atoms with Gasteiger partial charge in [-0.1, -0.05) is 24.3 Å². The third-order valence-corrected chi connectivity index (χ3v) is 11.7. The molecule has 2 N–H and O–H groups in total. The molecule has 0 aliphatic carbocycles. The Morgan fingerprint density at radius 2 is 1.19 bits per heavy atom. The number of halogens is 4. The van der Waals surface area contributed by atoms with Gasteiger partial charge in [-0.2, -0.15) is 13.9 Å². The largest absolute Gasteiger partial charge is 0.415 e. The zero-order valence-corrected chi connectivity index (χ0v) is 34.0. The molecule has 1 aliphatic rings. The zero-order chi connectivity index (χ0) is 42.7. The number of aromatic nitrogens is 6. The van der Waals surface area contributed by atoms with Crippen molar-refractivity contribution in [3.63, 3.8) is 0 Å². The number of nitrogens with one attached hydrogen (secondary N) is 2. The second kappa shape index (κ2) is 20.0. The van der Waals surface area contributed by atoms with Crippen LogP contribution in [0.3, 0.4) is 0 Å². The Labute approximate surface area is 338 Å². The van der Waals surface area contributed by atoms with E-state index in [1.807, 2.05) is 0 Å². The molecule has 59 heavy (non-hydrogen) atoms. The quantitative estimate of drug-likeness (QED) is 0.111. The molecule has 0 fully saturated rings. The van der Waals surface area contributed by atoms with Crippen molar-refractivity contribution in [3.05, 3.63) is 118 Å². The van der Waals surface area contributed by atoms with E-state index in [4.69, 9.17) is 4.42 Å². The van der Waals surface area contributed by atoms with E-state index in [9.17, 15) is 34.4 Å². The van der Waals surface area contributed by atoms with Crippen LogP contribution in [0.15, 0.2) is 81.0 Å². The maximum absolute atomic E-state index is 14.6. The average molecular weight is 860 g/mol. The summed E-state index contributed by atoms with van der Waals surface area (Å²) in [6.45, 7) is 7.01. The van der Waals surface area contributed by atoms with Crippen LogP contribution in [-0.2, 0) is 32.9 Å². The first kappa shape index (κ1) is 44.6. The second-order valence-electron chi connectivity index (χ2n) is 13.3. The van der Waals surface area contributed by atoms with Crippen molar-refractivity contribution in [2.75, 3.05) is 31.1 Å². The van der Waals surface area contributed by atoms with Crippen LogP contribution in [0.4, 0.5) is 17.6 Å². The van der Waals surface area contributed by atoms with Crippen molar-refractivity contribution in [1.29, 1.82) is 0 Å². The van der Waals surface area contributed by atoms with Gasteiger partial charge in [0, 0.05) is 68.1 Å². The predicted octanol–water partition coefficient (Wildman–Crippen LogP) is 5.54. The average Bonchev–Trinajstić information content (AvgIpc) is 3.94. The van der Waals surface area contributed by atoms with E-state index in [1.165, 1.54) is 31.5 Å². The van der Waals surface area contributed by atoms with Gasteiger partial charge in [-0.3, -0.25) is 0 Å². The van der Waals surface area contributed by atoms with Gasteiger partial charge in [-0.25, -0.2) is 55.0 Å². The van der Waals surface area contributed by atoms with Crippen molar-refractivity contribution >= 4 is 25.8 Å². The molecule has 0 radical (unpaired) electrons. The highest BCUT2D eigenvalue weighted by Gasteiger charge is 2.23. The van der Waals surface area contributed by atoms with Crippen molar-refractivity contribution in [2.24, 2.45) is 15.4 Å². The lowest BCUT2D eigenvalue weighted by Crippen LogP contribution is -2.31. The summed E-state index contributed by atoms with van der Waals surface area (Å²) in [7, 11) is -6.89. The molecule has 3 aromatic heterocycles. The number of aryl methyl sites for hydroxylation is 2. The normalized spacial score (nSPS) is 13.9. The maximum atomic E-state index is 14.6. The van der Waals surface area contributed by atoms with Crippen LogP contribution in [0, 0.1) is 25.5 Å². The van der Waals surface area contributed by atoms with Crippen LogP contribution >= 0.6 is 0 Å². The zero-order valence-electron chi connectivity index (χ0n) is 32.3. The van der Waals surface area contributed by atoms with Gasteiger partial charge < -0.3 is 4.42 Å². The van der Waals surface area contributed by atoms with Crippen LogP contribution in [0.25, 0.3) is 11.5 Å². The van der Waals surface area contributed by atoms with Crippen LogP contribution in [-0.4, -0.2) is 83.8 Å². The summed E-state index contributed by atoms with van der Waals surface area (Å²) in [4.78, 5) is 17.0. The number of rotatable bonds is 17. The number of alkyl halides is 2. The lowest BCUT2D eigenvalue weighted by Gasteiger charge is -2.18. The molecule has 2 unspecified atom stereocenters. The molecule has 0 bridgehead atoms. The highest BCUT2D eigenvalue weighted by Crippen LogP contribution is 2.26. The molecule has 22 heteroatoms. The van der Waals surface area contributed by atoms with Gasteiger partial charge in [0.15, 0.2) is 0 Å². The standard InChI is InChI=1S/C19H20F3N5O3S.C18H21FN6O2S/c1-3-31(28,29)25-10-12(14-5-4-11(2)6-15(14)20)7-16-23-8-13(9-24-16)18-26-27-19(30-18)17(21)22;1-3-28(26,27)23-10-13(15-5-4-12(2)6-16(15)19)7-18-20-8-14(9-21-18)17-11-22-25-24-17/h4-6,8-9,12,17,25H,3,7,10H2,1-2H3;4-6,8-9,13,23H,3,7,10-11H2,1-2H3. The topological polar surface area (TPSA) is 220 Å². The molecule has 314 valence electrons. The van der Waals surface area contributed by atoms with E-state index in [0.717, 1.165) is 16.7 Å². The molecule has 4 heterocycles. The first-order valence-electron chi connectivity index (χ1n) is 18.2. The van der Waals surface area contributed by atoms with E-state index in [2.05, 4.69) is 55.0 Å². The van der Waals surface area contributed by atoms with Crippen molar-refractivity contribution < 1.29 is 38.8 Å². The Balaban J connectivity index is 0.000000225. The molecule has 0 spiro atoms. The third-order valence-electron chi connectivity index (χ3n) is 8.98. The Morgan fingerprint density at radius 3 is 1.58 bits per heavy atom. The maximum Gasteiger partial charge on any atom is 0.314 e. The monoisotopic (exact) mass is 859 g/mol. The Morgan fingerprint density at radius 1 is 0.712 bits per heavy atom. The highest BCUT2D eigenvalue weighted by molar-refractivity contribution is 7.89. The summed E-state index contributed by atoms with van der Waals surface area (Å²) in [5, 5.41) is 18.0. The number of sulfonamides is 2. The number of hydrogen-bond donors (Lipinski definition) is 2. The van der Waals surface area contributed by atoms with Gasteiger partial charge in [0.05, 0.1) is 22.8 Å². The van der Waals surface area contributed by atoms with E-state index < -0.39 is 50.0 Å². The molecule has 0 saturated carbocycles. The van der Waals surface area contributed by atoms with Gasteiger partial charge in [0.1, 0.15) is 29.8 Å². The van der Waals surface area contributed by atoms with E-state index >= 15 is 0 Å². The van der Waals surface area contributed by atoms with Crippen molar-refractivity contribution in [2.45, 2.75) is 58.8 Å². The van der Waals surface area contributed by atoms with Crippen LogP contribution in [0.1, 0.15) is 77.5 Å². The summed E-state index contributed by atoms with van der Waals surface area (Å²) < 4.78 is 112. The molecule has 5 aromatic rings. The van der Waals surface area contributed by atoms with Crippen LogP contribution < -0.4 is 9.44 Å². The molecule has 1 aliphatic heterocycles. The molecule has 16 nitrogen and oxygen atoms in total. The summed E-state index contributed by atoms with van der Waals surface area (Å²) in [6.07, 6.45) is 3.42. The molecule has 2 atom stereocenters. The first-order valence-corrected chi connectivity index (χ1v) is 21.5. The Kier molecular flexibility index (Phi) is 15.1. The summed E-state index contributed by atoms with van der Waals surface area (Å²) >= 11 is 0. The van der Waals surface area contributed by atoms with Gasteiger partial charge >= 0.3 is 6.43 Å². The van der Waals surface area contributed by atoms with Crippen LogP contribution in [0.2, 0.25) is 0 Å². The number of hydrogen-bond acceptors (Lipinski definition) is 14. The van der Waals surface area contributed by atoms with E-state index in [-0.39, 0.29) is 54.7 Å². The molecule has 6 rings (SSSR count). The van der Waals surface area contributed by atoms with Crippen molar-refractivity contribution in [1.82, 2.24) is 39.6 Å². The lowest BCUT2D eigenvalue weighted by molar-refractivity contribution is 0.116. The molecular formula is C37H41F4N11O5S2.